The molecule has 6 atom stereocenters. The molecule has 1 aliphatic carbocycles. The highest BCUT2D eigenvalue weighted by atomic mass is 32.2. The molecule has 0 radical (unpaired) electrons. The molecule has 0 saturated heterocycles. The van der Waals surface area contributed by atoms with Crippen LogP contribution in [0.2, 0.25) is 0 Å². The summed E-state index contributed by atoms with van der Waals surface area (Å²) in [6.45, 7) is 6.47. The van der Waals surface area contributed by atoms with E-state index in [1.165, 1.54) is 24.6 Å². The molecule has 0 bridgehead atoms. The molecule has 0 heterocycles. The number of hydrogen-bond acceptors (Lipinski definition) is 5. The molecule has 1 aliphatic rings. The van der Waals surface area contributed by atoms with Gasteiger partial charge in [0.1, 0.15) is 6.04 Å². The predicted octanol–water partition coefficient (Wildman–Crippen LogP) is 4.57. The summed E-state index contributed by atoms with van der Waals surface area (Å²) in [6.07, 6.45) is 5.09. The van der Waals surface area contributed by atoms with Crippen LogP contribution >= 0.6 is 11.8 Å². The van der Waals surface area contributed by atoms with E-state index in [2.05, 4.69) is 23.9 Å². The number of carbonyl (C=O) groups excluding carboxylic acids is 1. The number of aliphatic hydroxyl groups excluding tert-OH is 1. The number of amides is 1. The van der Waals surface area contributed by atoms with Gasteiger partial charge in [-0.1, -0.05) is 63.6 Å². The molecule has 0 aliphatic heterocycles. The fraction of sp³-hybridized carbons (Fsp3) is 0.593. The highest BCUT2D eigenvalue weighted by Crippen LogP contribution is 2.36. The van der Waals surface area contributed by atoms with Crippen molar-refractivity contribution in [2.24, 2.45) is 17.8 Å². The Labute approximate surface area is 214 Å². The first-order valence-electron chi connectivity index (χ1n) is 12.6. The van der Waals surface area contributed by atoms with Crippen molar-refractivity contribution in [3.05, 3.63) is 42.5 Å². The number of sulfonamides is 1. The maximum atomic E-state index is 13.2. The van der Waals surface area contributed by atoms with Crippen molar-refractivity contribution in [2.45, 2.75) is 76.0 Å². The SMILES string of the molecule is CCC(NC(=O)C(CSc1cccc2ccccc12)NS(C)(=O)=O)C(O)CC1CCC(C)CC1C. The molecule has 6 nitrogen and oxygen atoms in total. The van der Waals surface area contributed by atoms with Gasteiger partial charge in [-0.15, -0.1) is 11.8 Å². The van der Waals surface area contributed by atoms with Crippen molar-refractivity contribution in [2.75, 3.05) is 12.0 Å². The van der Waals surface area contributed by atoms with Crippen molar-refractivity contribution in [3.63, 3.8) is 0 Å². The molecule has 1 saturated carbocycles. The number of aliphatic hydroxyl groups is 1. The van der Waals surface area contributed by atoms with Crippen molar-refractivity contribution in [3.8, 4) is 0 Å². The van der Waals surface area contributed by atoms with E-state index in [1.807, 2.05) is 49.4 Å². The van der Waals surface area contributed by atoms with Crippen LogP contribution in [0.1, 0.15) is 52.9 Å². The summed E-state index contributed by atoms with van der Waals surface area (Å²) in [7, 11) is -3.60. The molecule has 194 valence electrons. The molecule has 0 aromatic heterocycles. The van der Waals surface area contributed by atoms with E-state index >= 15 is 0 Å². The average molecular weight is 521 g/mol. The summed E-state index contributed by atoms with van der Waals surface area (Å²) < 4.78 is 26.6. The Bertz CT molecular complexity index is 1090. The Morgan fingerprint density at radius 2 is 1.86 bits per heavy atom. The summed E-state index contributed by atoms with van der Waals surface area (Å²) in [6, 6.07) is 12.6. The number of carbonyl (C=O) groups is 1. The minimum Gasteiger partial charge on any atom is -0.391 e. The van der Waals surface area contributed by atoms with E-state index in [1.54, 1.807) is 0 Å². The standard InChI is InChI=1S/C27H40N2O4S2/c1-5-23(25(30)16-21-14-13-18(2)15-19(21)3)28-27(31)24(29-35(4,32)33)17-34-26-12-8-10-20-9-6-7-11-22(20)26/h6-12,18-19,21,23-25,29-30H,5,13-17H2,1-4H3,(H,28,31). The summed E-state index contributed by atoms with van der Waals surface area (Å²) >= 11 is 1.45. The third kappa shape index (κ3) is 8.20. The number of hydrogen-bond donors (Lipinski definition) is 3. The summed E-state index contributed by atoms with van der Waals surface area (Å²) in [5.41, 5.74) is 0. The first-order chi connectivity index (χ1) is 16.6. The Morgan fingerprint density at radius 3 is 2.54 bits per heavy atom. The minimum absolute atomic E-state index is 0.247. The molecular weight excluding hydrogens is 480 g/mol. The molecule has 0 spiro atoms. The van der Waals surface area contributed by atoms with Crippen LogP contribution in [0.15, 0.2) is 47.4 Å². The first-order valence-corrected chi connectivity index (χ1v) is 15.5. The van der Waals surface area contributed by atoms with Gasteiger partial charge in [0.05, 0.1) is 18.4 Å². The topological polar surface area (TPSA) is 95.5 Å². The summed E-state index contributed by atoms with van der Waals surface area (Å²) in [5.74, 6) is 1.57. The van der Waals surface area contributed by atoms with Gasteiger partial charge in [0.15, 0.2) is 0 Å². The van der Waals surface area contributed by atoms with Gasteiger partial charge in [-0.25, -0.2) is 13.1 Å². The number of rotatable bonds is 11. The van der Waals surface area contributed by atoms with Crippen LogP contribution in [0, 0.1) is 17.8 Å². The lowest BCUT2D eigenvalue weighted by molar-refractivity contribution is -0.124. The lowest BCUT2D eigenvalue weighted by atomic mass is 9.73. The van der Waals surface area contributed by atoms with Crippen LogP contribution in [0.5, 0.6) is 0 Å². The van der Waals surface area contributed by atoms with Crippen molar-refractivity contribution in [1.82, 2.24) is 10.0 Å². The lowest BCUT2D eigenvalue weighted by Gasteiger charge is -2.35. The second-order valence-corrected chi connectivity index (χ2v) is 13.1. The Kier molecular flexibility index (Phi) is 10.0. The second-order valence-electron chi connectivity index (χ2n) is 10.2. The highest BCUT2D eigenvalue weighted by Gasteiger charge is 2.31. The number of benzene rings is 2. The second kappa shape index (κ2) is 12.6. The normalized spacial score (nSPS) is 23.5. The molecular formula is C27H40N2O4S2. The fourth-order valence-electron chi connectivity index (χ4n) is 5.22. The summed E-state index contributed by atoms with van der Waals surface area (Å²) in [4.78, 5) is 14.2. The van der Waals surface area contributed by atoms with Gasteiger partial charge < -0.3 is 10.4 Å². The Balaban J connectivity index is 1.67. The summed E-state index contributed by atoms with van der Waals surface area (Å²) in [5, 5.41) is 16.1. The van der Waals surface area contributed by atoms with E-state index in [9.17, 15) is 18.3 Å². The Morgan fingerprint density at radius 1 is 1.14 bits per heavy atom. The van der Waals surface area contributed by atoms with Crippen molar-refractivity contribution < 1.29 is 18.3 Å². The van der Waals surface area contributed by atoms with Gasteiger partial charge in [0.25, 0.3) is 0 Å². The van der Waals surface area contributed by atoms with Crippen LogP contribution in [-0.4, -0.2) is 49.6 Å². The fourth-order valence-corrected chi connectivity index (χ4v) is 7.13. The van der Waals surface area contributed by atoms with E-state index in [0.29, 0.717) is 24.7 Å². The van der Waals surface area contributed by atoms with Crippen LogP contribution in [-0.2, 0) is 14.8 Å². The maximum absolute atomic E-state index is 13.2. The first kappa shape index (κ1) is 28.0. The van der Waals surface area contributed by atoms with E-state index in [-0.39, 0.29) is 5.75 Å². The predicted molar refractivity (Wildman–Crippen MR) is 145 cm³/mol. The van der Waals surface area contributed by atoms with E-state index in [4.69, 9.17) is 0 Å². The maximum Gasteiger partial charge on any atom is 0.239 e. The smallest absolute Gasteiger partial charge is 0.239 e. The van der Waals surface area contributed by atoms with Gasteiger partial charge in [-0.3, -0.25) is 4.79 Å². The molecule has 8 heteroatoms. The monoisotopic (exact) mass is 520 g/mol. The molecule has 3 rings (SSSR count). The molecule has 2 aromatic rings. The highest BCUT2D eigenvalue weighted by molar-refractivity contribution is 7.99. The number of thioether (sulfide) groups is 1. The molecule has 1 amide bonds. The van der Waals surface area contributed by atoms with Gasteiger partial charge in [-0.05, 0) is 60.3 Å². The zero-order valence-electron chi connectivity index (χ0n) is 21.2. The van der Waals surface area contributed by atoms with Crippen molar-refractivity contribution >= 4 is 38.5 Å². The Hall–Kier alpha value is -1.61. The lowest BCUT2D eigenvalue weighted by Crippen LogP contribution is -2.53. The number of fused-ring (bicyclic) bond motifs is 1. The minimum atomic E-state index is -3.60. The largest absolute Gasteiger partial charge is 0.391 e. The quantitative estimate of drug-likeness (QED) is 0.377. The van der Waals surface area contributed by atoms with Crippen LogP contribution in [0.25, 0.3) is 10.8 Å². The molecule has 35 heavy (non-hydrogen) atoms. The van der Waals surface area contributed by atoms with Crippen LogP contribution in [0.3, 0.4) is 0 Å². The van der Waals surface area contributed by atoms with Gasteiger partial charge in [0, 0.05) is 10.6 Å². The van der Waals surface area contributed by atoms with Crippen LogP contribution in [0.4, 0.5) is 0 Å². The van der Waals surface area contributed by atoms with Gasteiger partial charge in [-0.2, -0.15) is 0 Å². The average Bonchev–Trinajstić information content (AvgIpc) is 2.81. The molecule has 6 unspecified atom stereocenters. The van der Waals surface area contributed by atoms with E-state index < -0.39 is 34.1 Å². The molecule has 2 aromatic carbocycles. The third-order valence-electron chi connectivity index (χ3n) is 7.21. The zero-order chi connectivity index (χ0) is 25.6. The van der Waals surface area contributed by atoms with Gasteiger partial charge >= 0.3 is 0 Å². The molecule has 1 fully saturated rings. The van der Waals surface area contributed by atoms with Gasteiger partial charge in [0.2, 0.25) is 15.9 Å². The molecule has 3 N–H and O–H groups in total. The van der Waals surface area contributed by atoms with Crippen molar-refractivity contribution in [1.29, 1.82) is 0 Å². The van der Waals surface area contributed by atoms with Crippen LogP contribution < -0.4 is 10.0 Å². The number of nitrogens with one attached hydrogen (secondary N) is 2. The van der Waals surface area contributed by atoms with E-state index in [0.717, 1.165) is 34.3 Å². The third-order valence-corrected chi connectivity index (χ3v) is 9.09. The zero-order valence-corrected chi connectivity index (χ0v) is 22.9.